The average molecular weight is 359 g/mol. The SMILES string of the molecule is CC#CC[C@@]1(O)CC[C@@]2(C)[C@H](CC[C@@H]3[C@@H]2CC[C@]2(C)[C@@H](OC)CC[C@@H]32)C1. The summed E-state index contributed by atoms with van der Waals surface area (Å²) in [5, 5.41) is 11.1. The molecule has 2 nitrogen and oxygen atoms in total. The quantitative estimate of drug-likeness (QED) is 0.689. The van der Waals surface area contributed by atoms with E-state index in [2.05, 4.69) is 25.7 Å². The molecule has 0 radical (unpaired) electrons. The highest BCUT2D eigenvalue weighted by Gasteiger charge is 2.61. The van der Waals surface area contributed by atoms with E-state index >= 15 is 0 Å². The fourth-order valence-electron chi connectivity index (χ4n) is 8.07. The molecule has 0 heterocycles. The molecule has 4 aliphatic rings. The van der Waals surface area contributed by atoms with Gasteiger partial charge in [-0.15, -0.1) is 11.8 Å². The maximum absolute atomic E-state index is 11.1. The van der Waals surface area contributed by atoms with Gasteiger partial charge in [0.05, 0.1) is 11.7 Å². The summed E-state index contributed by atoms with van der Waals surface area (Å²) in [7, 11) is 1.92. The highest BCUT2D eigenvalue weighted by Crippen LogP contribution is 2.67. The lowest BCUT2D eigenvalue weighted by atomic mass is 9.44. The van der Waals surface area contributed by atoms with E-state index in [1.165, 1.54) is 44.9 Å². The lowest BCUT2D eigenvalue weighted by Crippen LogP contribution is -2.56. The van der Waals surface area contributed by atoms with Gasteiger partial charge in [0.15, 0.2) is 0 Å². The summed E-state index contributed by atoms with van der Waals surface area (Å²) in [4.78, 5) is 0. The number of methoxy groups -OCH3 is 1. The summed E-state index contributed by atoms with van der Waals surface area (Å²) in [5.74, 6) is 9.43. The summed E-state index contributed by atoms with van der Waals surface area (Å²) in [6, 6.07) is 0. The van der Waals surface area contributed by atoms with Crippen LogP contribution >= 0.6 is 0 Å². The Hall–Kier alpha value is -0.520. The number of hydrogen-bond donors (Lipinski definition) is 1. The number of ether oxygens (including phenoxy) is 1. The normalized spacial score (nSPS) is 53.0. The molecule has 4 saturated carbocycles. The summed E-state index contributed by atoms with van der Waals surface area (Å²) in [6.07, 6.45) is 12.3. The van der Waals surface area contributed by atoms with E-state index in [1.54, 1.807) is 0 Å². The largest absolute Gasteiger partial charge is 0.389 e. The molecule has 0 saturated heterocycles. The zero-order valence-corrected chi connectivity index (χ0v) is 17.3. The molecule has 8 atom stereocenters. The highest BCUT2D eigenvalue weighted by molar-refractivity contribution is 5.12. The molecular weight excluding hydrogens is 320 g/mol. The first-order valence-corrected chi connectivity index (χ1v) is 11.0. The van der Waals surface area contributed by atoms with Crippen LogP contribution < -0.4 is 0 Å². The maximum atomic E-state index is 11.1. The third-order valence-electron chi connectivity index (χ3n) is 9.61. The van der Waals surface area contributed by atoms with Gasteiger partial charge < -0.3 is 9.84 Å². The van der Waals surface area contributed by atoms with Crippen LogP contribution in [0.3, 0.4) is 0 Å². The van der Waals surface area contributed by atoms with Crippen molar-refractivity contribution in [3.8, 4) is 11.8 Å². The van der Waals surface area contributed by atoms with E-state index in [9.17, 15) is 5.11 Å². The molecule has 0 aromatic carbocycles. The van der Waals surface area contributed by atoms with Crippen LogP contribution in [0.5, 0.6) is 0 Å². The van der Waals surface area contributed by atoms with E-state index in [-0.39, 0.29) is 0 Å². The zero-order chi connectivity index (χ0) is 18.6. The first-order chi connectivity index (χ1) is 12.4. The van der Waals surface area contributed by atoms with Crippen molar-refractivity contribution >= 4 is 0 Å². The van der Waals surface area contributed by atoms with Gasteiger partial charge in [0.2, 0.25) is 0 Å². The van der Waals surface area contributed by atoms with Gasteiger partial charge in [-0.3, -0.25) is 0 Å². The molecule has 2 heteroatoms. The van der Waals surface area contributed by atoms with Crippen molar-refractivity contribution in [3.63, 3.8) is 0 Å². The number of fused-ring (bicyclic) bond motifs is 5. The van der Waals surface area contributed by atoms with Crippen molar-refractivity contribution < 1.29 is 9.84 Å². The van der Waals surface area contributed by atoms with E-state index in [4.69, 9.17) is 4.74 Å². The molecule has 4 aliphatic carbocycles. The number of rotatable bonds is 2. The summed E-state index contributed by atoms with van der Waals surface area (Å²) >= 11 is 0. The Morgan fingerprint density at radius 2 is 1.73 bits per heavy atom. The summed E-state index contributed by atoms with van der Waals surface area (Å²) < 4.78 is 5.91. The molecule has 0 amide bonds. The van der Waals surface area contributed by atoms with Crippen molar-refractivity contribution in [3.05, 3.63) is 0 Å². The summed E-state index contributed by atoms with van der Waals surface area (Å²) in [5.41, 5.74) is 0.310. The van der Waals surface area contributed by atoms with Crippen LogP contribution in [0.25, 0.3) is 0 Å². The minimum absolute atomic E-state index is 0.408. The van der Waals surface area contributed by atoms with Gasteiger partial charge in [0.1, 0.15) is 0 Å². The smallest absolute Gasteiger partial charge is 0.0759 e. The summed E-state index contributed by atoms with van der Waals surface area (Å²) in [6.45, 7) is 6.98. The molecular formula is C24H38O2. The topological polar surface area (TPSA) is 29.5 Å². The van der Waals surface area contributed by atoms with E-state index in [0.717, 1.165) is 30.6 Å². The predicted octanol–water partition coefficient (Wildman–Crippen LogP) is 5.19. The Bertz CT molecular complexity index is 603. The van der Waals surface area contributed by atoms with Crippen molar-refractivity contribution in [1.29, 1.82) is 0 Å². The van der Waals surface area contributed by atoms with E-state index in [1.807, 2.05) is 14.0 Å². The van der Waals surface area contributed by atoms with Gasteiger partial charge >= 0.3 is 0 Å². The van der Waals surface area contributed by atoms with Crippen molar-refractivity contribution in [2.45, 2.75) is 96.7 Å². The second-order valence-corrected chi connectivity index (χ2v) is 10.5. The van der Waals surface area contributed by atoms with E-state index in [0.29, 0.717) is 29.3 Å². The van der Waals surface area contributed by atoms with Crippen LogP contribution in [-0.4, -0.2) is 23.9 Å². The Balaban J connectivity index is 1.55. The third kappa shape index (κ3) is 2.68. The number of aliphatic hydroxyl groups is 1. The van der Waals surface area contributed by atoms with Gasteiger partial charge in [-0.1, -0.05) is 13.8 Å². The fraction of sp³-hybridized carbons (Fsp3) is 0.917. The molecule has 0 aromatic heterocycles. The fourth-order valence-corrected chi connectivity index (χ4v) is 8.07. The first-order valence-electron chi connectivity index (χ1n) is 11.0. The molecule has 0 aliphatic heterocycles. The zero-order valence-electron chi connectivity index (χ0n) is 17.3. The van der Waals surface area contributed by atoms with Crippen LogP contribution in [0, 0.1) is 46.3 Å². The molecule has 0 unspecified atom stereocenters. The Kier molecular flexibility index (Phi) is 4.72. The molecule has 0 spiro atoms. The van der Waals surface area contributed by atoms with E-state index < -0.39 is 5.60 Å². The van der Waals surface area contributed by atoms with Crippen molar-refractivity contribution in [2.24, 2.45) is 34.5 Å². The third-order valence-corrected chi connectivity index (χ3v) is 9.61. The molecule has 26 heavy (non-hydrogen) atoms. The van der Waals surface area contributed by atoms with Crippen LogP contribution in [0.2, 0.25) is 0 Å². The molecule has 146 valence electrons. The van der Waals surface area contributed by atoms with Crippen LogP contribution in [0.15, 0.2) is 0 Å². The van der Waals surface area contributed by atoms with Gasteiger partial charge in [0.25, 0.3) is 0 Å². The molecule has 4 rings (SSSR count). The Morgan fingerprint density at radius 1 is 0.962 bits per heavy atom. The maximum Gasteiger partial charge on any atom is 0.0759 e. The minimum Gasteiger partial charge on any atom is -0.389 e. The molecule has 4 fully saturated rings. The molecule has 0 aromatic rings. The van der Waals surface area contributed by atoms with Crippen LogP contribution in [-0.2, 0) is 4.74 Å². The van der Waals surface area contributed by atoms with Crippen molar-refractivity contribution in [1.82, 2.24) is 0 Å². The monoisotopic (exact) mass is 358 g/mol. The van der Waals surface area contributed by atoms with Gasteiger partial charge in [0, 0.05) is 13.5 Å². The van der Waals surface area contributed by atoms with Crippen LogP contribution in [0.4, 0.5) is 0 Å². The van der Waals surface area contributed by atoms with Crippen molar-refractivity contribution in [2.75, 3.05) is 7.11 Å². The molecule has 1 N–H and O–H groups in total. The molecule has 0 bridgehead atoms. The standard InChI is InChI=1S/C24H38O2/c1-5-6-12-24(25)15-14-22(2)17(16-24)7-8-18-19-9-10-21(26-4)23(19,3)13-11-20(18)22/h17-21,25H,7-16H2,1-4H3/t17-,18+,19+,20+,21+,22+,23+,24-/m1/s1. The first kappa shape index (κ1) is 18.8. The lowest BCUT2D eigenvalue weighted by Gasteiger charge is -2.62. The van der Waals surface area contributed by atoms with Gasteiger partial charge in [-0.2, -0.15) is 0 Å². The van der Waals surface area contributed by atoms with Crippen LogP contribution in [0.1, 0.15) is 85.0 Å². The predicted molar refractivity (Wildman–Crippen MR) is 106 cm³/mol. The second kappa shape index (κ2) is 6.52. The minimum atomic E-state index is -0.530. The second-order valence-electron chi connectivity index (χ2n) is 10.5. The Morgan fingerprint density at radius 3 is 2.46 bits per heavy atom. The average Bonchev–Trinajstić information content (AvgIpc) is 2.97. The Labute approximate surface area is 160 Å². The van der Waals surface area contributed by atoms with Gasteiger partial charge in [-0.05, 0) is 99.2 Å². The number of hydrogen-bond acceptors (Lipinski definition) is 2. The lowest BCUT2D eigenvalue weighted by molar-refractivity contribution is -0.155. The van der Waals surface area contributed by atoms with Gasteiger partial charge in [-0.25, -0.2) is 0 Å². The highest BCUT2D eigenvalue weighted by atomic mass is 16.5.